The van der Waals surface area contributed by atoms with E-state index in [9.17, 15) is 14.4 Å². The molecule has 4 aromatic rings. The minimum atomic E-state index is -0.930. The van der Waals surface area contributed by atoms with Gasteiger partial charge >= 0.3 is 6.01 Å². The van der Waals surface area contributed by atoms with Crippen molar-refractivity contribution in [3.63, 3.8) is 0 Å². The standard InChI is InChI=1S/C38H39ClF2N8O2/c1-46-16-12-26(46)9-10-31(50)49-18-17-47(22-27(49)11-14-42)36-29-20-43-34(28-7-2-5-24-6-3-8-30(39)32(24)28)33(41)35(29)44-37(45-36)51-23-38-13-4-15-48(38)21-25(40)19-38/h2-3,5-10,20,25-27H,4,11-13,15-19,21-23H2,1H3/b10-9+/t25?,26?,27-,38-/m0/s1. The molecule has 0 aliphatic carbocycles. The molecule has 51 heavy (non-hydrogen) atoms. The molecule has 2 aromatic carbocycles. The molecule has 264 valence electrons. The van der Waals surface area contributed by atoms with Crippen LogP contribution in [-0.4, -0.2) is 112 Å². The van der Waals surface area contributed by atoms with Gasteiger partial charge in [-0.25, -0.2) is 8.78 Å². The molecule has 4 saturated heterocycles. The molecule has 10 nitrogen and oxygen atoms in total. The summed E-state index contributed by atoms with van der Waals surface area (Å²) in [5.41, 5.74) is 0.200. The molecular weight excluding hydrogens is 674 g/mol. The third-order valence-electron chi connectivity index (χ3n) is 11.2. The average molecular weight is 713 g/mol. The lowest BCUT2D eigenvalue weighted by atomic mass is 9.95. The monoisotopic (exact) mass is 712 g/mol. The first-order valence-electron chi connectivity index (χ1n) is 17.6. The van der Waals surface area contributed by atoms with Gasteiger partial charge in [0.1, 0.15) is 29.8 Å². The fourth-order valence-electron chi connectivity index (χ4n) is 8.34. The van der Waals surface area contributed by atoms with E-state index in [1.807, 2.05) is 42.3 Å². The molecule has 0 N–H and O–H groups in total. The first kappa shape index (κ1) is 33.7. The van der Waals surface area contributed by atoms with Crippen molar-refractivity contribution in [2.75, 3.05) is 57.8 Å². The molecule has 1 amide bonds. The number of ether oxygens (including phenoxy) is 1. The number of anilines is 1. The van der Waals surface area contributed by atoms with Crippen LogP contribution in [0.1, 0.15) is 32.1 Å². The molecule has 0 spiro atoms. The number of hydrogen-bond acceptors (Lipinski definition) is 9. The number of aromatic nitrogens is 3. The Hall–Kier alpha value is -4.44. The third-order valence-corrected chi connectivity index (χ3v) is 11.5. The number of nitriles is 1. The van der Waals surface area contributed by atoms with E-state index in [0.717, 1.165) is 37.7 Å². The third kappa shape index (κ3) is 6.15. The van der Waals surface area contributed by atoms with Gasteiger partial charge in [0, 0.05) is 73.4 Å². The lowest BCUT2D eigenvalue weighted by Crippen LogP contribution is -2.55. The van der Waals surface area contributed by atoms with E-state index >= 15 is 4.39 Å². The Labute approximate surface area is 300 Å². The predicted molar refractivity (Wildman–Crippen MR) is 192 cm³/mol. The highest BCUT2D eigenvalue weighted by Crippen LogP contribution is 2.41. The molecule has 2 unspecified atom stereocenters. The molecule has 0 radical (unpaired) electrons. The van der Waals surface area contributed by atoms with Crippen molar-refractivity contribution in [3.05, 3.63) is 65.6 Å². The van der Waals surface area contributed by atoms with Gasteiger partial charge in [-0.1, -0.05) is 48.0 Å². The highest BCUT2D eigenvalue weighted by Gasteiger charge is 2.49. The first-order valence-corrected chi connectivity index (χ1v) is 18.0. The van der Waals surface area contributed by atoms with Crippen molar-refractivity contribution in [1.82, 2.24) is 29.7 Å². The molecule has 8 rings (SSSR count). The Balaban J connectivity index is 1.17. The summed E-state index contributed by atoms with van der Waals surface area (Å²) < 4.78 is 37.8. The Morgan fingerprint density at radius 1 is 1.16 bits per heavy atom. The van der Waals surface area contributed by atoms with Crippen LogP contribution in [0, 0.1) is 17.1 Å². The summed E-state index contributed by atoms with van der Waals surface area (Å²) in [6.07, 6.45) is 7.43. The quantitative estimate of drug-likeness (QED) is 0.210. The summed E-state index contributed by atoms with van der Waals surface area (Å²) in [4.78, 5) is 35.4. The number of rotatable bonds is 8. The number of alkyl halides is 1. The molecule has 0 saturated carbocycles. The van der Waals surface area contributed by atoms with Gasteiger partial charge in [-0.05, 0) is 44.3 Å². The number of amides is 1. The number of hydrogen-bond donors (Lipinski definition) is 0. The molecular formula is C38H39ClF2N8O2. The number of piperazine rings is 1. The number of likely N-dealkylation sites (tertiary alicyclic amines) is 1. The second kappa shape index (κ2) is 13.6. The number of fused-ring (bicyclic) bond motifs is 3. The highest BCUT2D eigenvalue weighted by molar-refractivity contribution is 6.36. The normalized spacial score (nSPS) is 25.4. The van der Waals surface area contributed by atoms with E-state index in [-0.39, 0.29) is 42.2 Å². The molecule has 2 aromatic heterocycles. The second-order valence-electron chi connectivity index (χ2n) is 14.2. The molecule has 4 aliphatic rings. The number of carbonyl (C=O) groups is 1. The van der Waals surface area contributed by atoms with Gasteiger partial charge in [-0.15, -0.1) is 0 Å². The van der Waals surface area contributed by atoms with Crippen LogP contribution in [0.5, 0.6) is 6.01 Å². The van der Waals surface area contributed by atoms with Crippen LogP contribution in [0.15, 0.2) is 54.7 Å². The van der Waals surface area contributed by atoms with Gasteiger partial charge in [0.25, 0.3) is 0 Å². The van der Waals surface area contributed by atoms with Gasteiger partial charge in [0.05, 0.1) is 29.5 Å². The largest absolute Gasteiger partial charge is 0.461 e. The van der Waals surface area contributed by atoms with Crippen LogP contribution in [0.4, 0.5) is 14.6 Å². The number of nitrogens with zero attached hydrogens (tertiary/aromatic N) is 8. The van der Waals surface area contributed by atoms with E-state index in [2.05, 4.69) is 25.8 Å². The van der Waals surface area contributed by atoms with E-state index in [0.29, 0.717) is 59.8 Å². The smallest absolute Gasteiger partial charge is 0.319 e. The number of likely N-dealkylation sites (N-methyl/N-ethyl adjacent to an activating group) is 1. The van der Waals surface area contributed by atoms with Crippen LogP contribution in [0.3, 0.4) is 0 Å². The maximum Gasteiger partial charge on any atom is 0.319 e. The maximum atomic E-state index is 16.9. The van der Waals surface area contributed by atoms with E-state index in [1.54, 1.807) is 29.3 Å². The maximum absolute atomic E-state index is 16.9. The van der Waals surface area contributed by atoms with Crippen LogP contribution in [0.25, 0.3) is 32.9 Å². The van der Waals surface area contributed by atoms with Gasteiger partial charge in [0.15, 0.2) is 5.82 Å². The van der Waals surface area contributed by atoms with Crippen molar-refractivity contribution < 1.29 is 18.3 Å². The van der Waals surface area contributed by atoms with Crippen LogP contribution < -0.4 is 9.64 Å². The zero-order valence-corrected chi connectivity index (χ0v) is 29.2. The topological polar surface area (TPSA) is 102 Å². The number of pyridine rings is 1. The average Bonchev–Trinajstić information content (AvgIpc) is 3.65. The van der Waals surface area contributed by atoms with Gasteiger partial charge in [0.2, 0.25) is 5.91 Å². The fourth-order valence-corrected chi connectivity index (χ4v) is 8.63. The first-order chi connectivity index (χ1) is 24.7. The Bertz CT molecular complexity index is 2070. The summed E-state index contributed by atoms with van der Waals surface area (Å²) in [5, 5.41) is 12.1. The fraction of sp³-hybridized carbons (Fsp3) is 0.447. The van der Waals surface area contributed by atoms with E-state index in [4.69, 9.17) is 21.3 Å². The second-order valence-corrected chi connectivity index (χ2v) is 14.6. The Morgan fingerprint density at radius 2 is 2.00 bits per heavy atom. The zero-order valence-electron chi connectivity index (χ0n) is 28.4. The summed E-state index contributed by atoms with van der Waals surface area (Å²) in [6.45, 7) is 3.39. The molecule has 6 heterocycles. The van der Waals surface area contributed by atoms with Crippen molar-refractivity contribution in [2.24, 2.45) is 0 Å². The molecule has 13 heteroatoms. The SMILES string of the molecule is CN1CCC1/C=C/C(=O)N1CCN(c2nc(OC[C@@]34CCCN3CC(F)C4)nc3c(F)c(-c4cccc5cccc(Cl)c45)ncc23)C[C@@H]1CC#N. The van der Waals surface area contributed by atoms with Crippen LogP contribution in [-0.2, 0) is 4.79 Å². The van der Waals surface area contributed by atoms with Crippen LogP contribution in [0.2, 0.25) is 5.02 Å². The van der Waals surface area contributed by atoms with Crippen molar-refractivity contribution >= 4 is 45.0 Å². The summed E-state index contributed by atoms with van der Waals surface area (Å²) >= 11 is 6.63. The van der Waals surface area contributed by atoms with Gasteiger partial charge < -0.3 is 14.5 Å². The number of benzene rings is 2. The van der Waals surface area contributed by atoms with Crippen LogP contribution >= 0.6 is 11.6 Å². The Kier molecular flexibility index (Phi) is 8.98. The van der Waals surface area contributed by atoms with Crippen molar-refractivity contribution in [2.45, 2.75) is 55.9 Å². The lowest BCUT2D eigenvalue weighted by Gasteiger charge is -2.41. The van der Waals surface area contributed by atoms with E-state index < -0.39 is 23.6 Å². The number of carbonyl (C=O) groups excluding carboxylic acids is 1. The molecule has 4 atom stereocenters. The highest BCUT2D eigenvalue weighted by atomic mass is 35.5. The number of halogens is 3. The van der Waals surface area contributed by atoms with Gasteiger partial charge in [-0.3, -0.25) is 19.6 Å². The predicted octanol–water partition coefficient (Wildman–Crippen LogP) is 5.78. The van der Waals surface area contributed by atoms with Gasteiger partial charge in [-0.2, -0.15) is 15.2 Å². The Morgan fingerprint density at radius 3 is 2.78 bits per heavy atom. The summed E-state index contributed by atoms with van der Waals surface area (Å²) in [6, 6.07) is 13.1. The van der Waals surface area contributed by atoms with E-state index in [1.165, 1.54) is 0 Å². The summed E-state index contributed by atoms with van der Waals surface area (Å²) in [7, 11) is 2.02. The van der Waals surface area contributed by atoms with Crippen molar-refractivity contribution in [1.29, 1.82) is 5.26 Å². The zero-order chi connectivity index (χ0) is 35.3. The minimum absolute atomic E-state index is 0.0177. The summed E-state index contributed by atoms with van der Waals surface area (Å²) in [5.74, 6) is -0.380. The molecule has 4 aliphatic heterocycles. The molecule has 0 bridgehead atoms. The minimum Gasteiger partial charge on any atom is -0.461 e. The lowest BCUT2D eigenvalue weighted by molar-refractivity contribution is -0.128. The molecule has 4 fully saturated rings. The van der Waals surface area contributed by atoms with Crippen molar-refractivity contribution in [3.8, 4) is 23.3 Å².